The normalized spacial score (nSPS) is 13.3. The van der Waals surface area contributed by atoms with E-state index in [4.69, 9.17) is 11.6 Å². The van der Waals surface area contributed by atoms with Gasteiger partial charge in [-0.3, -0.25) is 0 Å². The maximum atomic E-state index is 13.2. The van der Waals surface area contributed by atoms with Crippen LogP contribution in [-0.4, -0.2) is 12.6 Å². The van der Waals surface area contributed by atoms with Gasteiger partial charge in [-0.15, -0.1) is 0 Å². The molecule has 0 heterocycles. The molecule has 1 aromatic rings. The predicted octanol–water partition coefficient (Wildman–Crippen LogP) is 4.29. The monoisotopic (exact) mass is 271 g/mol. The van der Waals surface area contributed by atoms with Crippen LogP contribution in [0.5, 0.6) is 0 Å². The average molecular weight is 272 g/mol. The molecule has 1 atom stereocenters. The van der Waals surface area contributed by atoms with Crippen molar-refractivity contribution >= 4 is 11.6 Å². The molecule has 1 aromatic carbocycles. The quantitative estimate of drug-likeness (QED) is 0.814. The van der Waals surface area contributed by atoms with Crippen LogP contribution in [0, 0.1) is 17.7 Å². The van der Waals surface area contributed by atoms with E-state index in [1.54, 1.807) is 12.1 Å². The highest BCUT2D eigenvalue weighted by atomic mass is 35.5. The van der Waals surface area contributed by atoms with Crippen molar-refractivity contribution in [3.05, 3.63) is 34.6 Å². The molecule has 0 aliphatic carbocycles. The summed E-state index contributed by atoms with van der Waals surface area (Å²) in [5.41, 5.74) is 0.904. The Labute approximate surface area is 115 Å². The lowest BCUT2D eigenvalue weighted by Gasteiger charge is -2.23. The summed E-state index contributed by atoms with van der Waals surface area (Å²) in [4.78, 5) is 0. The number of hydrogen-bond donors (Lipinski definition) is 1. The van der Waals surface area contributed by atoms with E-state index in [1.165, 1.54) is 6.07 Å². The van der Waals surface area contributed by atoms with Crippen molar-refractivity contribution in [1.29, 1.82) is 0 Å². The van der Waals surface area contributed by atoms with Gasteiger partial charge in [0.25, 0.3) is 0 Å². The largest absolute Gasteiger partial charge is 0.314 e. The zero-order valence-corrected chi connectivity index (χ0v) is 12.4. The van der Waals surface area contributed by atoms with Crippen molar-refractivity contribution in [2.75, 3.05) is 6.54 Å². The highest BCUT2D eigenvalue weighted by molar-refractivity contribution is 6.31. The molecule has 0 saturated heterocycles. The van der Waals surface area contributed by atoms with Crippen LogP contribution in [0.3, 0.4) is 0 Å². The molecule has 1 N–H and O–H groups in total. The molecule has 3 heteroatoms. The molecule has 0 aliphatic rings. The fraction of sp³-hybridized carbons (Fsp3) is 0.600. The summed E-state index contributed by atoms with van der Waals surface area (Å²) in [6, 6.07) is 5.06. The minimum atomic E-state index is -0.214. The first-order valence-corrected chi connectivity index (χ1v) is 6.95. The zero-order chi connectivity index (χ0) is 13.7. The average Bonchev–Trinajstić information content (AvgIpc) is 2.28. The van der Waals surface area contributed by atoms with Crippen LogP contribution in [0.1, 0.15) is 33.3 Å². The van der Waals surface area contributed by atoms with E-state index in [0.29, 0.717) is 22.9 Å². The summed E-state index contributed by atoms with van der Waals surface area (Å²) >= 11 is 6.12. The molecular weight excluding hydrogens is 249 g/mol. The van der Waals surface area contributed by atoms with Crippen molar-refractivity contribution in [2.24, 2.45) is 11.8 Å². The van der Waals surface area contributed by atoms with E-state index in [0.717, 1.165) is 18.5 Å². The maximum Gasteiger partial charge on any atom is 0.123 e. The molecule has 0 amide bonds. The van der Waals surface area contributed by atoms with E-state index < -0.39 is 0 Å². The summed E-state index contributed by atoms with van der Waals surface area (Å²) < 4.78 is 13.2. The van der Waals surface area contributed by atoms with Crippen molar-refractivity contribution in [3.63, 3.8) is 0 Å². The Morgan fingerprint density at radius 2 is 1.89 bits per heavy atom. The van der Waals surface area contributed by atoms with E-state index in [2.05, 4.69) is 33.0 Å². The Kier molecular flexibility index (Phi) is 6.10. The molecule has 1 unspecified atom stereocenters. The Bertz CT molecular complexity index is 377. The first-order valence-electron chi connectivity index (χ1n) is 6.57. The zero-order valence-electron chi connectivity index (χ0n) is 11.6. The van der Waals surface area contributed by atoms with Gasteiger partial charge >= 0.3 is 0 Å². The van der Waals surface area contributed by atoms with Crippen LogP contribution in [0.4, 0.5) is 4.39 Å². The second-order valence-electron chi connectivity index (χ2n) is 5.51. The van der Waals surface area contributed by atoms with Gasteiger partial charge < -0.3 is 5.32 Å². The predicted molar refractivity (Wildman–Crippen MR) is 76.6 cm³/mol. The molecule has 102 valence electrons. The topological polar surface area (TPSA) is 12.0 Å². The van der Waals surface area contributed by atoms with Crippen LogP contribution in [-0.2, 0) is 6.42 Å². The van der Waals surface area contributed by atoms with Crippen LogP contribution in [0.2, 0.25) is 5.02 Å². The van der Waals surface area contributed by atoms with Gasteiger partial charge in [-0.1, -0.05) is 39.3 Å². The molecule has 1 nitrogen and oxygen atoms in total. The first-order chi connectivity index (χ1) is 8.40. The van der Waals surface area contributed by atoms with Crippen LogP contribution in [0.15, 0.2) is 18.2 Å². The minimum Gasteiger partial charge on any atom is -0.314 e. The number of hydrogen-bond acceptors (Lipinski definition) is 1. The van der Waals surface area contributed by atoms with Crippen molar-refractivity contribution in [1.82, 2.24) is 5.32 Å². The van der Waals surface area contributed by atoms with Gasteiger partial charge in [0.05, 0.1) is 0 Å². The van der Waals surface area contributed by atoms with Gasteiger partial charge in [0.2, 0.25) is 0 Å². The SMILES string of the molecule is CC(C)NCC(Cc1cc(F)ccc1Cl)C(C)C. The van der Waals surface area contributed by atoms with Crippen LogP contribution < -0.4 is 5.32 Å². The van der Waals surface area contributed by atoms with Crippen LogP contribution >= 0.6 is 11.6 Å². The van der Waals surface area contributed by atoms with Crippen molar-refractivity contribution in [2.45, 2.75) is 40.2 Å². The Morgan fingerprint density at radius 3 is 2.44 bits per heavy atom. The molecule has 0 aromatic heterocycles. The van der Waals surface area contributed by atoms with E-state index in [1.807, 2.05) is 0 Å². The molecule has 18 heavy (non-hydrogen) atoms. The van der Waals surface area contributed by atoms with Gasteiger partial charge in [0, 0.05) is 11.1 Å². The lowest BCUT2D eigenvalue weighted by molar-refractivity contribution is 0.349. The molecule has 1 rings (SSSR count). The third-order valence-electron chi connectivity index (χ3n) is 3.22. The Hall–Kier alpha value is -0.600. The van der Waals surface area contributed by atoms with Crippen molar-refractivity contribution < 1.29 is 4.39 Å². The number of halogens is 2. The highest BCUT2D eigenvalue weighted by Gasteiger charge is 2.16. The highest BCUT2D eigenvalue weighted by Crippen LogP contribution is 2.23. The van der Waals surface area contributed by atoms with Gasteiger partial charge in [-0.2, -0.15) is 0 Å². The summed E-state index contributed by atoms with van der Waals surface area (Å²) in [6.07, 6.45) is 0.813. The molecular formula is C15H23ClFN. The third kappa shape index (κ3) is 4.95. The van der Waals surface area contributed by atoms with Crippen LogP contribution in [0.25, 0.3) is 0 Å². The maximum absolute atomic E-state index is 13.2. The smallest absolute Gasteiger partial charge is 0.123 e. The molecule has 0 spiro atoms. The fourth-order valence-electron chi connectivity index (χ4n) is 1.91. The second-order valence-corrected chi connectivity index (χ2v) is 5.91. The molecule has 0 bridgehead atoms. The Balaban J connectivity index is 2.73. The summed E-state index contributed by atoms with van der Waals surface area (Å²) in [6.45, 7) is 9.58. The lowest BCUT2D eigenvalue weighted by atomic mass is 9.89. The fourth-order valence-corrected chi connectivity index (χ4v) is 2.11. The molecule has 0 saturated carbocycles. The molecule has 0 aliphatic heterocycles. The van der Waals surface area contributed by atoms with Gasteiger partial charge in [0.1, 0.15) is 5.82 Å². The van der Waals surface area contributed by atoms with Gasteiger partial charge in [-0.05, 0) is 48.6 Å². The third-order valence-corrected chi connectivity index (χ3v) is 3.59. The van der Waals surface area contributed by atoms with Gasteiger partial charge in [0.15, 0.2) is 0 Å². The minimum absolute atomic E-state index is 0.214. The lowest BCUT2D eigenvalue weighted by Crippen LogP contribution is -2.32. The van der Waals surface area contributed by atoms with Crippen molar-refractivity contribution in [3.8, 4) is 0 Å². The molecule has 0 fully saturated rings. The summed E-state index contributed by atoms with van der Waals surface area (Å²) in [5, 5.41) is 4.10. The van der Waals surface area contributed by atoms with Gasteiger partial charge in [-0.25, -0.2) is 4.39 Å². The Morgan fingerprint density at radius 1 is 1.22 bits per heavy atom. The van der Waals surface area contributed by atoms with E-state index >= 15 is 0 Å². The van der Waals surface area contributed by atoms with E-state index in [-0.39, 0.29) is 5.82 Å². The number of rotatable bonds is 6. The number of benzene rings is 1. The molecule has 0 radical (unpaired) electrons. The summed E-state index contributed by atoms with van der Waals surface area (Å²) in [7, 11) is 0. The second kappa shape index (κ2) is 7.10. The first kappa shape index (κ1) is 15.5. The standard InChI is InChI=1S/C15H23ClFN/c1-10(2)13(9-18-11(3)4)7-12-8-14(17)5-6-15(12)16/h5-6,8,10-11,13,18H,7,9H2,1-4H3. The van der Waals surface area contributed by atoms with E-state index in [9.17, 15) is 4.39 Å². The number of nitrogens with one attached hydrogen (secondary N) is 1. The summed E-state index contributed by atoms with van der Waals surface area (Å²) in [5.74, 6) is 0.788.